The van der Waals surface area contributed by atoms with Crippen LogP contribution in [0.25, 0.3) is 0 Å². The van der Waals surface area contributed by atoms with Gasteiger partial charge in [0.15, 0.2) is 0 Å². The zero-order valence-electron chi connectivity index (χ0n) is 11.3. The molecule has 0 aliphatic heterocycles. The Hall–Kier alpha value is -1.12. The molecule has 0 aromatic heterocycles. The SMILES string of the molecule is C=C(CNCC)CN(C)Cc1ccc(C)cc1. The second kappa shape index (κ2) is 7.25. The van der Waals surface area contributed by atoms with Crippen LogP contribution in [0.2, 0.25) is 0 Å². The highest BCUT2D eigenvalue weighted by Gasteiger charge is 2.02. The zero-order chi connectivity index (χ0) is 12.7. The third-order valence-electron chi connectivity index (χ3n) is 2.69. The van der Waals surface area contributed by atoms with Gasteiger partial charge in [0.25, 0.3) is 0 Å². The van der Waals surface area contributed by atoms with E-state index in [1.165, 1.54) is 16.7 Å². The van der Waals surface area contributed by atoms with Gasteiger partial charge < -0.3 is 5.32 Å². The molecule has 2 nitrogen and oxygen atoms in total. The molecule has 17 heavy (non-hydrogen) atoms. The lowest BCUT2D eigenvalue weighted by atomic mass is 10.1. The number of hydrogen-bond acceptors (Lipinski definition) is 2. The number of aryl methyl sites for hydroxylation is 1. The maximum absolute atomic E-state index is 4.08. The van der Waals surface area contributed by atoms with E-state index in [1.54, 1.807) is 0 Å². The highest BCUT2D eigenvalue weighted by Crippen LogP contribution is 2.06. The number of hydrogen-bond donors (Lipinski definition) is 1. The Morgan fingerprint density at radius 2 is 1.94 bits per heavy atom. The summed E-state index contributed by atoms with van der Waals surface area (Å²) in [6.07, 6.45) is 0. The minimum Gasteiger partial charge on any atom is -0.313 e. The fourth-order valence-corrected chi connectivity index (χ4v) is 1.80. The van der Waals surface area contributed by atoms with E-state index >= 15 is 0 Å². The molecule has 1 rings (SSSR count). The molecule has 0 saturated heterocycles. The molecule has 1 aromatic rings. The summed E-state index contributed by atoms with van der Waals surface area (Å²) >= 11 is 0. The monoisotopic (exact) mass is 232 g/mol. The van der Waals surface area contributed by atoms with Gasteiger partial charge in [-0.25, -0.2) is 0 Å². The molecule has 0 bridgehead atoms. The third kappa shape index (κ3) is 5.66. The molecule has 0 heterocycles. The lowest BCUT2D eigenvalue weighted by Crippen LogP contribution is -2.25. The van der Waals surface area contributed by atoms with Gasteiger partial charge in [0.2, 0.25) is 0 Å². The van der Waals surface area contributed by atoms with Crippen molar-refractivity contribution >= 4 is 0 Å². The fourth-order valence-electron chi connectivity index (χ4n) is 1.80. The van der Waals surface area contributed by atoms with Crippen LogP contribution in [0.5, 0.6) is 0 Å². The second-order valence-corrected chi connectivity index (χ2v) is 4.69. The molecule has 0 fully saturated rings. The number of likely N-dealkylation sites (N-methyl/N-ethyl adjacent to an activating group) is 2. The first kappa shape index (κ1) is 13.9. The van der Waals surface area contributed by atoms with Crippen LogP contribution < -0.4 is 5.32 Å². The summed E-state index contributed by atoms with van der Waals surface area (Å²) < 4.78 is 0. The van der Waals surface area contributed by atoms with Gasteiger partial charge in [-0.2, -0.15) is 0 Å². The average molecular weight is 232 g/mol. The standard InChI is InChI=1S/C15H24N2/c1-5-16-10-14(3)11-17(4)12-15-8-6-13(2)7-9-15/h6-9,16H,3,5,10-12H2,1-2,4H3. The summed E-state index contributed by atoms with van der Waals surface area (Å²) in [4.78, 5) is 2.30. The van der Waals surface area contributed by atoms with E-state index in [1.807, 2.05) is 0 Å². The molecule has 1 aromatic carbocycles. The summed E-state index contributed by atoms with van der Waals surface area (Å²) in [6, 6.07) is 8.71. The van der Waals surface area contributed by atoms with Crippen LogP contribution in [-0.2, 0) is 6.54 Å². The molecular weight excluding hydrogens is 208 g/mol. The molecule has 2 heteroatoms. The fraction of sp³-hybridized carbons (Fsp3) is 0.467. The molecular formula is C15H24N2. The quantitative estimate of drug-likeness (QED) is 0.727. The highest BCUT2D eigenvalue weighted by atomic mass is 15.1. The minimum atomic E-state index is 0.911. The second-order valence-electron chi connectivity index (χ2n) is 4.69. The maximum Gasteiger partial charge on any atom is 0.0234 e. The van der Waals surface area contributed by atoms with Crippen molar-refractivity contribution in [3.8, 4) is 0 Å². The average Bonchev–Trinajstić information content (AvgIpc) is 2.29. The van der Waals surface area contributed by atoms with Crippen molar-refractivity contribution in [2.24, 2.45) is 0 Å². The van der Waals surface area contributed by atoms with Gasteiger partial charge in [-0.05, 0) is 31.7 Å². The molecule has 0 saturated carbocycles. The van der Waals surface area contributed by atoms with Gasteiger partial charge in [0.05, 0.1) is 0 Å². The smallest absolute Gasteiger partial charge is 0.0234 e. The predicted molar refractivity (Wildman–Crippen MR) is 75.2 cm³/mol. The van der Waals surface area contributed by atoms with Crippen LogP contribution in [0.4, 0.5) is 0 Å². The Morgan fingerprint density at radius 3 is 2.53 bits per heavy atom. The lowest BCUT2D eigenvalue weighted by Gasteiger charge is -2.18. The normalized spacial score (nSPS) is 10.8. The molecule has 94 valence electrons. The van der Waals surface area contributed by atoms with Crippen LogP contribution in [0, 0.1) is 6.92 Å². The first-order valence-corrected chi connectivity index (χ1v) is 6.23. The first-order chi connectivity index (χ1) is 8.11. The molecule has 1 N–H and O–H groups in total. The zero-order valence-corrected chi connectivity index (χ0v) is 11.3. The Kier molecular flexibility index (Phi) is 5.95. The number of benzene rings is 1. The van der Waals surface area contributed by atoms with E-state index in [0.717, 1.165) is 26.2 Å². The molecule has 0 amide bonds. The van der Waals surface area contributed by atoms with Crippen molar-refractivity contribution in [3.63, 3.8) is 0 Å². The summed E-state index contributed by atoms with van der Waals surface area (Å²) in [7, 11) is 2.14. The van der Waals surface area contributed by atoms with Gasteiger partial charge >= 0.3 is 0 Å². The van der Waals surface area contributed by atoms with Crippen molar-refractivity contribution < 1.29 is 0 Å². The van der Waals surface area contributed by atoms with Crippen LogP contribution in [0.15, 0.2) is 36.4 Å². The van der Waals surface area contributed by atoms with Gasteiger partial charge in [-0.15, -0.1) is 0 Å². The van der Waals surface area contributed by atoms with E-state index in [0.29, 0.717) is 0 Å². The predicted octanol–water partition coefficient (Wildman–Crippen LogP) is 2.59. The summed E-state index contributed by atoms with van der Waals surface area (Å²) in [5.41, 5.74) is 3.91. The number of nitrogens with one attached hydrogen (secondary N) is 1. The first-order valence-electron chi connectivity index (χ1n) is 6.23. The molecule has 0 spiro atoms. The molecule has 0 aliphatic rings. The van der Waals surface area contributed by atoms with E-state index in [4.69, 9.17) is 0 Å². The van der Waals surface area contributed by atoms with Gasteiger partial charge in [0, 0.05) is 19.6 Å². The largest absolute Gasteiger partial charge is 0.313 e. The van der Waals surface area contributed by atoms with Gasteiger partial charge in [-0.1, -0.05) is 43.3 Å². The highest BCUT2D eigenvalue weighted by molar-refractivity contribution is 5.21. The van der Waals surface area contributed by atoms with Crippen molar-refractivity contribution in [2.45, 2.75) is 20.4 Å². The van der Waals surface area contributed by atoms with Gasteiger partial charge in [-0.3, -0.25) is 4.90 Å². The van der Waals surface area contributed by atoms with Crippen LogP contribution in [0.3, 0.4) is 0 Å². The Morgan fingerprint density at radius 1 is 1.29 bits per heavy atom. The molecule has 0 unspecified atom stereocenters. The van der Waals surface area contributed by atoms with Crippen LogP contribution in [-0.4, -0.2) is 31.6 Å². The minimum absolute atomic E-state index is 0.911. The Labute approximate surface area is 105 Å². The third-order valence-corrected chi connectivity index (χ3v) is 2.69. The Bertz CT molecular complexity index is 340. The Balaban J connectivity index is 2.36. The number of rotatable bonds is 7. The van der Waals surface area contributed by atoms with E-state index in [2.05, 4.69) is 62.0 Å². The van der Waals surface area contributed by atoms with Crippen molar-refractivity contribution in [2.75, 3.05) is 26.7 Å². The summed E-state index contributed by atoms with van der Waals surface area (Å²) in [5.74, 6) is 0. The van der Waals surface area contributed by atoms with E-state index in [9.17, 15) is 0 Å². The molecule has 0 atom stereocenters. The topological polar surface area (TPSA) is 15.3 Å². The van der Waals surface area contributed by atoms with Crippen molar-refractivity contribution in [3.05, 3.63) is 47.5 Å². The van der Waals surface area contributed by atoms with E-state index < -0.39 is 0 Å². The number of nitrogens with zero attached hydrogens (tertiary/aromatic N) is 1. The van der Waals surface area contributed by atoms with Crippen LogP contribution >= 0.6 is 0 Å². The maximum atomic E-state index is 4.08. The van der Waals surface area contributed by atoms with Crippen molar-refractivity contribution in [1.82, 2.24) is 10.2 Å². The summed E-state index contributed by atoms with van der Waals surface area (Å²) in [5, 5.41) is 3.30. The molecule has 0 aliphatic carbocycles. The molecule has 0 radical (unpaired) electrons. The lowest BCUT2D eigenvalue weighted by molar-refractivity contribution is 0.352. The van der Waals surface area contributed by atoms with Crippen molar-refractivity contribution in [1.29, 1.82) is 0 Å². The van der Waals surface area contributed by atoms with Gasteiger partial charge in [0.1, 0.15) is 0 Å². The van der Waals surface area contributed by atoms with Crippen LogP contribution in [0.1, 0.15) is 18.1 Å². The van der Waals surface area contributed by atoms with E-state index in [-0.39, 0.29) is 0 Å². The summed E-state index contributed by atoms with van der Waals surface area (Å²) in [6.45, 7) is 12.2.